The molecule has 13 heteroatoms. The number of aromatic nitrogens is 1. The number of nitrogens with zero attached hydrogens (tertiary/aromatic N) is 4. The maximum atomic E-state index is 15.1. The van der Waals surface area contributed by atoms with Gasteiger partial charge in [0.1, 0.15) is 17.4 Å². The molecule has 1 atom stereocenters. The Hall–Kier alpha value is -4.88. The van der Waals surface area contributed by atoms with Gasteiger partial charge in [-0.05, 0) is 60.2 Å². The molecule has 262 valence electrons. The van der Waals surface area contributed by atoms with E-state index < -0.39 is 39.0 Å². The number of urea groups is 1. The summed E-state index contributed by atoms with van der Waals surface area (Å²) in [5.41, 5.74) is 7.51. The first kappa shape index (κ1) is 35.0. The molecule has 6 rings (SSSR count). The van der Waals surface area contributed by atoms with Crippen molar-refractivity contribution < 1.29 is 31.5 Å². The highest BCUT2D eigenvalue weighted by Gasteiger charge is 2.44. The highest BCUT2D eigenvalue weighted by Crippen LogP contribution is 2.39. The number of piperidine rings is 1. The summed E-state index contributed by atoms with van der Waals surface area (Å²) < 4.78 is 59.0. The molecule has 0 radical (unpaired) electrons. The number of halogens is 2. The van der Waals surface area contributed by atoms with Gasteiger partial charge in [-0.2, -0.15) is 0 Å². The van der Waals surface area contributed by atoms with Crippen LogP contribution in [0.1, 0.15) is 65.8 Å². The minimum absolute atomic E-state index is 0.112. The third kappa shape index (κ3) is 7.34. The highest BCUT2D eigenvalue weighted by atomic mass is 32.2. The Kier molecular flexibility index (Phi) is 9.90. The van der Waals surface area contributed by atoms with Crippen LogP contribution in [0, 0.1) is 11.6 Å². The molecule has 3 aromatic carbocycles. The van der Waals surface area contributed by atoms with Gasteiger partial charge >= 0.3 is 6.03 Å². The number of ether oxygens (including phenoxy) is 1. The van der Waals surface area contributed by atoms with Crippen molar-refractivity contribution in [2.75, 3.05) is 30.8 Å². The molecule has 50 heavy (non-hydrogen) atoms. The number of rotatable bonds is 10. The highest BCUT2D eigenvalue weighted by molar-refractivity contribution is 7.90. The van der Waals surface area contributed by atoms with Gasteiger partial charge in [0.05, 0.1) is 34.4 Å². The molecule has 0 bridgehead atoms. The van der Waals surface area contributed by atoms with Gasteiger partial charge in [0.2, 0.25) is 5.88 Å². The van der Waals surface area contributed by atoms with E-state index >= 15 is 4.39 Å². The van der Waals surface area contributed by atoms with E-state index in [1.807, 2.05) is 36.4 Å². The predicted molar refractivity (Wildman–Crippen MR) is 185 cm³/mol. The van der Waals surface area contributed by atoms with Crippen LogP contribution < -0.4 is 15.4 Å². The molecule has 2 saturated heterocycles. The molecule has 2 N–H and O–H groups in total. The number of likely N-dealkylation sites (tertiary alicyclic amines) is 1. The number of amides is 3. The van der Waals surface area contributed by atoms with Gasteiger partial charge in [-0.25, -0.2) is 27.0 Å². The predicted octanol–water partition coefficient (Wildman–Crippen LogP) is 6.43. The Labute approximate surface area is 290 Å². The first-order valence-electron chi connectivity index (χ1n) is 16.4. The number of carbonyl (C=O) groups excluding carboxylic acids is 2. The van der Waals surface area contributed by atoms with E-state index in [0.717, 1.165) is 29.1 Å². The Morgan fingerprint density at radius 3 is 2.28 bits per heavy atom. The molecular weight excluding hydrogens is 664 g/mol. The van der Waals surface area contributed by atoms with Gasteiger partial charge < -0.3 is 15.4 Å². The van der Waals surface area contributed by atoms with E-state index in [-0.39, 0.29) is 35.1 Å². The van der Waals surface area contributed by atoms with Crippen molar-refractivity contribution in [3.05, 3.63) is 113 Å². The van der Waals surface area contributed by atoms with Crippen molar-refractivity contribution in [3.8, 4) is 11.6 Å². The fourth-order valence-corrected chi connectivity index (χ4v) is 7.38. The van der Waals surface area contributed by atoms with Gasteiger partial charge in [0.15, 0.2) is 9.84 Å². The maximum absolute atomic E-state index is 15.1. The molecule has 4 aromatic rings. The zero-order chi connectivity index (χ0) is 35.7. The van der Waals surface area contributed by atoms with Crippen LogP contribution >= 0.6 is 0 Å². The average molecular weight is 704 g/mol. The smallest absolute Gasteiger partial charge is 0.325 e. The van der Waals surface area contributed by atoms with E-state index in [2.05, 4.69) is 18.7 Å². The summed E-state index contributed by atoms with van der Waals surface area (Å²) in [6.07, 6.45) is 2.51. The Balaban J connectivity index is 1.17. The van der Waals surface area contributed by atoms with Crippen LogP contribution in [0.3, 0.4) is 0 Å². The molecule has 1 aromatic heterocycles. The van der Waals surface area contributed by atoms with Crippen LogP contribution in [0.4, 0.5) is 19.3 Å². The number of hydrogen-bond acceptors (Lipinski definition) is 7. The lowest BCUT2D eigenvalue weighted by atomic mass is 9.98. The fraction of sp³-hybridized carbons (Fsp3) is 0.324. The van der Waals surface area contributed by atoms with Crippen molar-refractivity contribution >= 4 is 27.5 Å². The zero-order valence-corrected chi connectivity index (χ0v) is 28.9. The third-order valence-corrected chi connectivity index (χ3v) is 10.4. The van der Waals surface area contributed by atoms with Crippen LogP contribution in [-0.2, 0) is 16.4 Å². The molecule has 2 aliphatic rings. The topological polar surface area (TPSA) is 126 Å². The van der Waals surface area contributed by atoms with Gasteiger partial charge in [0, 0.05) is 44.1 Å². The number of sulfone groups is 1. The SMILES string of the molecule is CC(C)c1nc(Oc2ccc(S(C)(=O)=O)cc2)ccc1CN1CCC(N2C(=O)N(c3cc(C(N)=O)c(F)cc3F)C[C@H]2c2ccccc2)CC1. The third-order valence-electron chi connectivity index (χ3n) is 9.27. The molecule has 2 fully saturated rings. The lowest BCUT2D eigenvalue weighted by Crippen LogP contribution is -2.47. The van der Waals surface area contributed by atoms with Crippen molar-refractivity contribution in [2.24, 2.45) is 5.73 Å². The number of primary amides is 1. The van der Waals surface area contributed by atoms with E-state index in [1.54, 1.807) is 23.1 Å². The maximum Gasteiger partial charge on any atom is 0.325 e. The zero-order valence-electron chi connectivity index (χ0n) is 28.1. The summed E-state index contributed by atoms with van der Waals surface area (Å²) in [5.74, 6) is -2.06. The van der Waals surface area contributed by atoms with Gasteiger partial charge in [-0.15, -0.1) is 0 Å². The Morgan fingerprint density at radius 1 is 0.980 bits per heavy atom. The van der Waals surface area contributed by atoms with Crippen LogP contribution in [0.5, 0.6) is 11.6 Å². The normalized spacial score (nSPS) is 17.5. The van der Waals surface area contributed by atoms with Crippen molar-refractivity contribution in [1.82, 2.24) is 14.8 Å². The first-order valence-corrected chi connectivity index (χ1v) is 18.3. The van der Waals surface area contributed by atoms with Crippen LogP contribution in [0.15, 0.2) is 83.8 Å². The summed E-state index contributed by atoms with van der Waals surface area (Å²) in [6.45, 7) is 6.31. The molecule has 3 heterocycles. The second-order valence-corrected chi connectivity index (χ2v) is 15.1. The molecular formula is C37H39F2N5O5S. The molecule has 0 saturated carbocycles. The molecule has 2 aliphatic heterocycles. The first-order chi connectivity index (χ1) is 23.8. The average Bonchev–Trinajstić information content (AvgIpc) is 3.42. The number of benzene rings is 3. The van der Waals surface area contributed by atoms with Gasteiger partial charge in [-0.3, -0.25) is 14.6 Å². The minimum Gasteiger partial charge on any atom is -0.439 e. The summed E-state index contributed by atoms with van der Waals surface area (Å²) in [7, 11) is -3.31. The number of hydrogen-bond donors (Lipinski definition) is 1. The second-order valence-electron chi connectivity index (χ2n) is 13.1. The summed E-state index contributed by atoms with van der Waals surface area (Å²) in [6, 6.07) is 20.2. The molecule has 3 amide bonds. The Morgan fingerprint density at radius 2 is 1.66 bits per heavy atom. The van der Waals surface area contributed by atoms with Crippen LogP contribution in [0.2, 0.25) is 0 Å². The Bertz CT molecular complexity index is 2000. The monoisotopic (exact) mass is 703 g/mol. The fourth-order valence-electron chi connectivity index (χ4n) is 6.75. The van der Waals surface area contributed by atoms with E-state index in [4.69, 9.17) is 15.5 Å². The lowest BCUT2D eigenvalue weighted by molar-refractivity contribution is 0.0996. The molecule has 10 nitrogen and oxygen atoms in total. The summed E-state index contributed by atoms with van der Waals surface area (Å²) in [5, 5.41) is 0. The van der Waals surface area contributed by atoms with Crippen LogP contribution in [-0.4, -0.2) is 67.1 Å². The minimum atomic E-state index is -3.31. The standard InChI is InChI=1S/C37H39F2N5O5S/c1-23(2)35-25(9-14-34(41-35)49-27-10-12-28(13-11-27)50(3,47)48)21-42-17-15-26(16-18-42)44-33(24-7-5-4-6-8-24)22-43(37(44)46)32-19-29(36(40)45)30(38)20-31(32)39/h4-14,19-20,23,26,33H,15-18,21-22H2,1-3H3,(H2,40,45)/t33-/m0/s1. The van der Waals surface area contributed by atoms with E-state index in [0.29, 0.717) is 50.2 Å². The van der Waals surface area contributed by atoms with E-state index in [1.165, 1.54) is 17.0 Å². The molecule has 0 spiro atoms. The van der Waals surface area contributed by atoms with Crippen molar-refractivity contribution in [3.63, 3.8) is 0 Å². The largest absolute Gasteiger partial charge is 0.439 e. The van der Waals surface area contributed by atoms with Gasteiger partial charge in [-0.1, -0.05) is 50.2 Å². The van der Waals surface area contributed by atoms with E-state index in [9.17, 15) is 22.4 Å². The quantitative estimate of drug-likeness (QED) is 0.202. The molecule has 0 unspecified atom stereocenters. The molecule has 0 aliphatic carbocycles. The number of pyridine rings is 1. The number of nitrogens with two attached hydrogens (primary N) is 1. The summed E-state index contributed by atoms with van der Waals surface area (Å²) >= 11 is 0. The lowest BCUT2D eigenvalue weighted by Gasteiger charge is -2.39. The number of carbonyl (C=O) groups is 2. The van der Waals surface area contributed by atoms with Crippen molar-refractivity contribution in [1.29, 1.82) is 0 Å². The van der Waals surface area contributed by atoms with Crippen LogP contribution in [0.25, 0.3) is 0 Å². The number of anilines is 1. The van der Waals surface area contributed by atoms with Gasteiger partial charge in [0.25, 0.3) is 5.91 Å². The van der Waals surface area contributed by atoms with Crippen molar-refractivity contribution in [2.45, 2.75) is 56.1 Å². The summed E-state index contributed by atoms with van der Waals surface area (Å²) in [4.78, 5) is 36.3. The second kappa shape index (κ2) is 14.2.